The monoisotopic (exact) mass is 353 g/mol. The molecule has 1 aromatic heterocycles. The number of nitrogen functional groups attached to an aromatic ring is 1. The average molecular weight is 354 g/mol. The van der Waals surface area contributed by atoms with E-state index in [1.54, 1.807) is 11.3 Å². The number of thiophene rings is 1. The molecule has 2 atom stereocenters. The van der Waals surface area contributed by atoms with Gasteiger partial charge in [0.2, 0.25) is 0 Å². The molecule has 1 aromatic carbocycles. The molecular weight excluding hydrogens is 326 g/mol. The number of aryl methyl sites for hydroxylation is 4. The molecule has 1 heterocycles. The molecule has 1 fully saturated rings. The molecule has 25 heavy (non-hydrogen) atoms. The minimum Gasteiger partial charge on any atom is -0.398 e. The highest BCUT2D eigenvalue weighted by atomic mass is 32.1. The highest BCUT2D eigenvalue weighted by molar-refractivity contribution is 7.14. The molecule has 2 aliphatic carbocycles. The predicted molar refractivity (Wildman–Crippen MR) is 106 cm³/mol. The zero-order chi connectivity index (χ0) is 18.1. The third kappa shape index (κ3) is 2.47. The number of Topliss-reactive ketones (excluding diaryl/α,β-unsaturated/α-hetero) is 1. The van der Waals surface area contributed by atoms with E-state index in [4.69, 9.17) is 5.73 Å². The fraction of sp³-hybridized carbons (Fsp3) is 0.500. The van der Waals surface area contributed by atoms with E-state index in [0.717, 1.165) is 40.5 Å². The zero-order valence-corrected chi connectivity index (χ0v) is 16.6. The van der Waals surface area contributed by atoms with Gasteiger partial charge < -0.3 is 5.73 Å². The van der Waals surface area contributed by atoms with Gasteiger partial charge in [0.15, 0.2) is 5.78 Å². The molecule has 2 N–H and O–H groups in total. The largest absolute Gasteiger partial charge is 0.398 e. The normalized spacial score (nSPS) is 22.6. The van der Waals surface area contributed by atoms with Crippen molar-refractivity contribution in [2.24, 2.45) is 11.3 Å². The van der Waals surface area contributed by atoms with Crippen molar-refractivity contribution < 1.29 is 4.79 Å². The number of anilines is 1. The third-order valence-electron chi connectivity index (χ3n) is 6.57. The van der Waals surface area contributed by atoms with Crippen molar-refractivity contribution in [2.45, 2.75) is 59.8 Å². The molecule has 0 saturated heterocycles. The molecule has 2 nitrogen and oxygen atoms in total. The number of benzene rings is 1. The van der Waals surface area contributed by atoms with E-state index in [0.29, 0.717) is 23.5 Å². The number of fused-ring (bicyclic) bond motifs is 3. The summed E-state index contributed by atoms with van der Waals surface area (Å²) in [6.07, 6.45) is 2.50. The lowest BCUT2D eigenvalue weighted by Gasteiger charge is -2.10. The summed E-state index contributed by atoms with van der Waals surface area (Å²) in [5, 5.41) is 0. The predicted octanol–water partition coefficient (Wildman–Crippen LogP) is 5.37. The van der Waals surface area contributed by atoms with E-state index in [2.05, 4.69) is 32.9 Å². The van der Waals surface area contributed by atoms with Gasteiger partial charge in [-0.15, -0.1) is 11.3 Å². The molecular formula is C22H27NOS. The lowest BCUT2D eigenvalue weighted by molar-refractivity contribution is 0.0986. The van der Waals surface area contributed by atoms with Gasteiger partial charge in [0.1, 0.15) is 0 Å². The minimum atomic E-state index is 0.320. The summed E-state index contributed by atoms with van der Waals surface area (Å²) >= 11 is 1.73. The first-order valence-electron chi connectivity index (χ1n) is 9.22. The lowest BCUT2D eigenvalue weighted by atomic mass is 9.93. The maximum Gasteiger partial charge on any atom is 0.173 e. The second kappa shape index (κ2) is 5.44. The van der Waals surface area contributed by atoms with Crippen molar-refractivity contribution in [3.05, 3.63) is 49.7 Å². The molecule has 2 aromatic rings. The van der Waals surface area contributed by atoms with E-state index in [1.807, 2.05) is 13.8 Å². The van der Waals surface area contributed by atoms with Gasteiger partial charge >= 0.3 is 0 Å². The van der Waals surface area contributed by atoms with Crippen LogP contribution in [0.3, 0.4) is 0 Å². The van der Waals surface area contributed by atoms with Crippen LogP contribution in [0.2, 0.25) is 0 Å². The SMILES string of the molecule is Cc1cc(CCC(=O)c2sc(C)c3c2C[C@@H]2[C@H]3C2(C)C)cc(C)c1N. The van der Waals surface area contributed by atoms with Crippen LogP contribution >= 0.6 is 11.3 Å². The van der Waals surface area contributed by atoms with Crippen LogP contribution in [-0.2, 0) is 12.8 Å². The van der Waals surface area contributed by atoms with E-state index in [-0.39, 0.29) is 0 Å². The van der Waals surface area contributed by atoms with Gasteiger partial charge in [-0.2, -0.15) is 0 Å². The maximum absolute atomic E-state index is 12.9. The van der Waals surface area contributed by atoms with Gasteiger partial charge in [0.05, 0.1) is 4.88 Å². The Morgan fingerprint density at radius 1 is 1.24 bits per heavy atom. The quantitative estimate of drug-likeness (QED) is 0.593. The van der Waals surface area contributed by atoms with Gasteiger partial charge in [-0.1, -0.05) is 26.0 Å². The minimum absolute atomic E-state index is 0.320. The van der Waals surface area contributed by atoms with Crippen molar-refractivity contribution in [1.82, 2.24) is 0 Å². The molecule has 0 bridgehead atoms. The average Bonchev–Trinajstić information content (AvgIpc) is 2.90. The first-order chi connectivity index (χ1) is 11.7. The third-order valence-corrected chi connectivity index (χ3v) is 7.77. The van der Waals surface area contributed by atoms with Gasteiger partial charge in [-0.25, -0.2) is 0 Å². The van der Waals surface area contributed by atoms with Crippen LogP contribution in [0.25, 0.3) is 0 Å². The van der Waals surface area contributed by atoms with Gasteiger partial charge in [-0.05, 0) is 78.7 Å². The molecule has 0 aliphatic heterocycles. The van der Waals surface area contributed by atoms with E-state index < -0.39 is 0 Å². The number of hydrogen-bond donors (Lipinski definition) is 1. The van der Waals surface area contributed by atoms with Crippen LogP contribution in [0, 0.1) is 32.1 Å². The molecule has 1 saturated carbocycles. The lowest BCUT2D eigenvalue weighted by Crippen LogP contribution is -2.06. The summed E-state index contributed by atoms with van der Waals surface area (Å²) in [6, 6.07) is 4.24. The summed E-state index contributed by atoms with van der Waals surface area (Å²) in [5.41, 5.74) is 13.7. The molecule has 0 unspecified atom stereocenters. The second-order valence-electron chi connectivity index (χ2n) is 8.56. The van der Waals surface area contributed by atoms with Crippen LogP contribution in [0.5, 0.6) is 0 Å². The molecule has 132 valence electrons. The number of carbonyl (C=O) groups excluding carboxylic acids is 1. The number of nitrogens with two attached hydrogens (primary N) is 1. The van der Waals surface area contributed by atoms with Crippen LogP contribution in [0.1, 0.15) is 68.6 Å². The number of rotatable bonds is 4. The summed E-state index contributed by atoms with van der Waals surface area (Å²) in [5.74, 6) is 1.78. The Morgan fingerprint density at radius 2 is 1.88 bits per heavy atom. The molecule has 0 amide bonds. The highest BCUT2D eigenvalue weighted by Crippen LogP contribution is 2.71. The van der Waals surface area contributed by atoms with Crippen molar-refractivity contribution in [2.75, 3.05) is 5.73 Å². The van der Waals surface area contributed by atoms with Crippen molar-refractivity contribution >= 4 is 22.8 Å². The standard InChI is InChI=1S/C22H27NOS/c1-11-8-14(9-12(2)20(11)23)6-7-17(24)21-15-10-16-19(22(16,4)5)18(15)13(3)25-21/h8-9,16,19H,6-7,10,23H2,1-5H3/t16-,19-/m1/s1. The molecule has 0 radical (unpaired) electrons. The molecule has 0 spiro atoms. The Morgan fingerprint density at radius 3 is 2.52 bits per heavy atom. The molecule has 3 heteroatoms. The van der Waals surface area contributed by atoms with E-state index in [9.17, 15) is 4.79 Å². The Hall–Kier alpha value is -1.61. The smallest absolute Gasteiger partial charge is 0.173 e. The van der Waals surface area contributed by atoms with Crippen LogP contribution in [0.4, 0.5) is 5.69 Å². The Balaban J connectivity index is 1.52. The number of carbonyl (C=O) groups is 1. The topological polar surface area (TPSA) is 43.1 Å². The van der Waals surface area contributed by atoms with Crippen molar-refractivity contribution in [3.63, 3.8) is 0 Å². The Bertz CT molecular complexity index is 867. The summed E-state index contributed by atoms with van der Waals surface area (Å²) in [6.45, 7) is 11.0. The van der Waals surface area contributed by atoms with E-state index >= 15 is 0 Å². The fourth-order valence-electron chi connectivity index (χ4n) is 4.94. The van der Waals surface area contributed by atoms with Crippen LogP contribution < -0.4 is 5.73 Å². The number of ketones is 1. The Labute approximate surface area is 154 Å². The fourth-order valence-corrected chi connectivity index (χ4v) is 6.14. The summed E-state index contributed by atoms with van der Waals surface area (Å²) < 4.78 is 0. The molecule has 2 aliphatic rings. The van der Waals surface area contributed by atoms with Crippen LogP contribution in [0.15, 0.2) is 12.1 Å². The van der Waals surface area contributed by atoms with Gasteiger partial charge in [-0.3, -0.25) is 4.79 Å². The van der Waals surface area contributed by atoms with Crippen LogP contribution in [-0.4, -0.2) is 5.78 Å². The van der Waals surface area contributed by atoms with Gasteiger partial charge in [0.25, 0.3) is 0 Å². The van der Waals surface area contributed by atoms with Crippen molar-refractivity contribution in [3.8, 4) is 0 Å². The van der Waals surface area contributed by atoms with E-state index in [1.165, 1.54) is 21.6 Å². The molecule has 4 rings (SSSR count). The first kappa shape index (κ1) is 16.8. The van der Waals surface area contributed by atoms with Gasteiger partial charge in [0, 0.05) is 17.0 Å². The highest BCUT2D eigenvalue weighted by Gasteiger charge is 2.63. The Kier molecular flexibility index (Phi) is 3.66. The maximum atomic E-state index is 12.9. The second-order valence-corrected chi connectivity index (χ2v) is 9.78. The number of hydrogen-bond acceptors (Lipinski definition) is 3. The van der Waals surface area contributed by atoms with Crippen molar-refractivity contribution in [1.29, 1.82) is 0 Å². The first-order valence-corrected chi connectivity index (χ1v) is 10.0. The zero-order valence-electron chi connectivity index (χ0n) is 15.8. The summed E-state index contributed by atoms with van der Waals surface area (Å²) in [7, 11) is 0. The summed E-state index contributed by atoms with van der Waals surface area (Å²) in [4.78, 5) is 15.3.